The van der Waals surface area contributed by atoms with Gasteiger partial charge in [-0.25, -0.2) is 4.98 Å². The molecule has 1 atom stereocenters. The lowest BCUT2D eigenvalue weighted by Gasteiger charge is -2.34. The number of ether oxygens (including phenoxy) is 3. The van der Waals surface area contributed by atoms with Crippen LogP contribution in [0.3, 0.4) is 0 Å². The summed E-state index contributed by atoms with van der Waals surface area (Å²) in [5, 5.41) is 11.6. The van der Waals surface area contributed by atoms with Crippen LogP contribution in [-0.2, 0) is 4.74 Å². The molecule has 0 bridgehead atoms. The van der Waals surface area contributed by atoms with Gasteiger partial charge in [-0.05, 0) is 24.3 Å². The van der Waals surface area contributed by atoms with Crippen LogP contribution in [0, 0.1) is 0 Å². The topological polar surface area (TPSA) is 94.5 Å². The van der Waals surface area contributed by atoms with Gasteiger partial charge in [-0.15, -0.1) is 5.10 Å². The van der Waals surface area contributed by atoms with E-state index in [9.17, 15) is 0 Å². The van der Waals surface area contributed by atoms with Crippen LogP contribution in [0.1, 0.15) is 11.7 Å². The third-order valence-corrected chi connectivity index (χ3v) is 5.21. The normalized spacial score (nSPS) is 15.3. The van der Waals surface area contributed by atoms with Crippen molar-refractivity contribution in [1.29, 1.82) is 0 Å². The number of hydrogen-bond donors (Lipinski definition) is 1. The summed E-state index contributed by atoms with van der Waals surface area (Å²) in [6.07, 6.45) is 3.44. The highest BCUT2D eigenvalue weighted by molar-refractivity contribution is 5.68. The standard InChI is InChI=1S/C22H26N6O3/c1-29-16-6-7-17(21(13-16)30-2)19-14-25-27-22(26-19)24-15-20(18-5-3-4-8-23-18)28-9-11-31-12-10-28/h3-8,13-14,20H,9-12,15H2,1-2H3,(H,24,26,27). The molecular weight excluding hydrogens is 396 g/mol. The van der Waals surface area contributed by atoms with Gasteiger partial charge in [0.15, 0.2) is 0 Å². The molecule has 3 aromatic rings. The lowest BCUT2D eigenvalue weighted by atomic mass is 10.1. The van der Waals surface area contributed by atoms with Crippen molar-refractivity contribution in [3.8, 4) is 22.8 Å². The van der Waals surface area contributed by atoms with E-state index >= 15 is 0 Å². The summed E-state index contributed by atoms with van der Waals surface area (Å²) in [6.45, 7) is 3.74. The minimum atomic E-state index is 0.0767. The zero-order chi connectivity index (χ0) is 21.5. The third-order valence-electron chi connectivity index (χ3n) is 5.21. The summed E-state index contributed by atoms with van der Waals surface area (Å²) >= 11 is 0. The lowest BCUT2D eigenvalue weighted by molar-refractivity contribution is 0.0178. The fourth-order valence-corrected chi connectivity index (χ4v) is 3.59. The Hall–Kier alpha value is -3.30. The summed E-state index contributed by atoms with van der Waals surface area (Å²) in [7, 11) is 3.24. The van der Waals surface area contributed by atoms with Crippen molar-refractivity contribution in [2.45, 2.75) is 6.04 Å². The Morgan fingerprint density at radius 3 is 2.74 bits per heavy atom. The van der Waals surface area contributed by atoms with Crippen LogP contribution in [0.5, 0.6) is 11.5 Å². The summed E-state index contributed by atoms with van der Waals surface area (Å²) < 4.78 is 16.3. The van der Waals surface area contributed by atoms with Gasteiger partial charge in [0.05, 0.1) is 51.1 Å². The quantitative estimate of drug-likeness (QED) is 0.587. The molecule has 0 amide bonds. The van der Waals surface area contributed by atoms with Crippen LogP contribution in [0.25, 0.3) is 11.3 Å². The van der Waals surface area contributed by atoms with E-state index in [-0.39, 0.29) is 6.04 Å². The highest BCUT2D eigenvalue weighted by Gasteiger charge is 2.24. The molecule has 1 aliphatic rings. The van der Waals surface area contributed by atoms with E-state index in [0.29, 0.717) is 42.9 Å². The number of nitrogens with one attached hydrogen (secondary N) is 1. The van der Waals surface area contributed by atoms with Crippen LogP contribution in [-0.4, -0.2) is 72.1 Å². The van der Waals surface area contributed by atoms with Crippen molar-refractivity contribution >= 4 is 5.95 Å². The molecule has 9 nitrogen and oxygen atoms in total. The summed E-state index contributed by atoms with van der Waals surface area (Å²) in [6, 6.07) is 11.6. The molecule has 1 saturated heterocycles. The second kappa shape index (κ2) is 10.1. The molecule has 1 unspecified atom stereocenters. The Kier molecular flexibility index (Phi) is 6.85. The average Bonchev–Trinajstić information content (AvgIpc) is 2.85. The Bertz CT molecular complexity index is 982. The first kappa shape index (κ1) is 21.0. The van der Waals surface area contributed by atoms with E-state index in [1.54, 1.807) is 20.4 Å². The monoisotopic (exact) mass is 422 g/mol. The van der Waals surface area contributed by atoms with Crippen LogP contribution < -0.4 is 14.8 Å². The van der Waals surface area contributed by atoms with Crippen molar-refractivity contribution in [1.82, 2.24) is 25.1 Å². The first-order chi connectivity index (χ1) is 15.3. The second-order valence-electron chi connectivity index (χ2n) is 7.03. The SMILES string of the molecule is COc1ccc(-c2cnnc(NCC(c3ccccn3)N3CCOCC3)n2)c(OC)c1. The van der Waals surface area contributed by atoms with Gasteiger partial charge in [-0.2, -0.15) is 5.10 Å². The molecule has 2 aromatic heterocycles. The minimum Gasteiger partial charge on any atom is -0.497 e. The van der Waals surface area contributed by atoms with Crippen LogP contribution >= 0.6 is 0 Å². The van der Waals surface area contributed by atoms with Gasteiger partial charge in [0.1, 0.15) is 11.5 Å². The van der Waals surface area contributed by atoms with Crippen molar-refractivity contribution in [3.05, 3.63) is 54.5 Å². The molecule has 162 valence electrons. The molecule has 1 aromatic carbocycles. The van der Waals surface area contributed by atoms with E-state index < -0.39 is 0 Å². The zero-order valence-electron chi connectivity index (χ0n) is 17.7. The molecule has 0 saturated carbocycles. The third kappa shape index (κ3) is 5.07. The number of pyridine rings is 1. The highest BCUT2D eigenvalue weighted by Crippen LogP contribution is 2.32. The predicted molar refractivity (Wildman–Crippen MR) is 116 cm³/mol. The Morgan fingerprint density at radius 2 is 2.00 bits per heavy atom. The number of benzene rings is 1. The molecule has 1 N–H and O–H groups in total. The number of aromatic nitrogens is 4. The molecule has 4 rings (SSSR count). The Labute approximate surface area is 181 Å². The van der Waals surface area contributed by atoms with E-state index in [1.165, 1.54) is 0 Å². The number of anilines is 1. The number of nitrogens with zero attached hydrogens (tertiary/aromatic N) is 5. The smallest absolute Gasteiger partial charge is 0.243 e. The average molecular weight is 422 g/mol. The molecule has 1 aliphatic heterocycles. The van der Waals surface area contributed by atoms with Gasteiger partial charge in [-0.1, -0.05) is 6.07 Å². The van der Waals surface area contributed by atoms with Gasteiger partial charge in [0, 0.05) is 37.5 Å². The number of morpholine rings is 1. The summed E-state index contributed by atoms with van der Waals surface area (Å²) in [5.41, 5.74) is 2.48. The molecule has 0 spiro atoms. The fraction of sp³-hybridized carbons (Fsp3) is 0.364. The largest absolute Gasteiger partial charge is 0.497 e. The van der Waals surface area contributed by atoms with Crippen LogP contribution in [0.4, 0.5) is 5.95 Å². The molecule has 3 heterocycles. The van der Waals surface area contributed by atoms with Crippen molar-refractivity contribution < 1.29 is 14.2 Å². The maximum absolute atomic E-state index is 5.51. The minimum absolute atomic E-state index is 0.0767. The van der Waals surface area contributed by atoms with E-state index in [1.807, 2.05) is 42.6 Å². The van der Waals surface area contributed by atoms with E-state index in [4.69, 9.17) is 14.2 Å². The molecular formula is C22H26N6O3. The first-order valence-corrected chi connectivity index (χ1v) is 10.2. The maximum atomic E-state index is 5.51. The molecule has 0 radical (unpaired) electrons. The Balaban J connectivity index is 1.54. The van der Waals surface area contributed by atoms with Gasteiger partial charge >= 0.3 is 0 Å². The summed E-state index contributed by atoms with van der Waals surface area (Å²) in [5.74, 6) is 1.82. The summed E-state index contributed by atoms with van der Waals surface area (Å²) in [4.78, 5) is 11.6. The number of methoxy groups -OCH3 is 2. The van der Waals surface area contributed by atoms with Crippen molar-refractivity contribution in [2.24, 2.45) is 0 Å². The maximum Gasteiger partial charge on any atom is 0.243 e. The Morgan fingerprint density at radius 1 is 1.13 bits per heavy atom. The highest BCUT2D eigenvalue weighted by atomic mass is 16.5. The molecule has 0 aliphatic carbocycles. The van der Waals surface area contributed by atoms with E-state index in [0.717, 1.165) is 24.3 Å². The lowest BCUT2D eigenvalue weighted by Crippen LogP contribution is -2.42. The number of rotatable bonds is 8. The van der Waals surface area contributed by atoms with Gasteiger partial charge in [-0.3, -0.25) is 9.88 Å². The van der Waals surface area contributed by atoms with Gasteiger partial charge in [0.2, 0.25) is 5.95 Å². The van der Waals surface area contributed by atoms with Crippen molar-refractivity contribution in [3.63, 3.8) is 0 Å². The van der Waals surface area contributed by atoms with E-state index in [2.05, 4.69) is 30.4 Å². The molecule has 31 heavy (non-hydrogen) atoms. The number of hydrogen-bond acceptors (Lipinski definition) is 9. The first-order valence-electron chi connectivity index (χ1n) is 10.2. The molecule has 1 fully saturated rings. The van der Waals surface area contributed by atoms with Gasteiger partial charge in [0.25, 0.3) is 0 Å². The van der Waals surface area contributed by atoms with Crippen molar-refractivity contribution in [2.75, 3.05) is 52.4 Å². The second-order valence-corrected chi connectivity index (χ2v) is 7.03. The fourth-order valence-electron chi connectivity index (χ4n) is 3.59. The molecule has 9 heteroatoms. The van der Waals surface area contributed by atoms with Gasteiger partial charge < -0.3 is 19.5 Å². The van der Waals surface area contributed by atoms with Crippen LogP contribution in [0.15, 0.2) is 48.8 Å². The van der Waals surface area contributed by atoms with Crippen LogP contribution in [0.2, 0.25) is 0 Å². The zero-order valence-corrected chi connectivity index (χ0v) is 17.7. The predicted octanol–water partition coefficient (Wildman–Crippen LogP) is 2.44.